The van der Waals surface area contributed by atoms with Gasteiger partial charge in [-0.05, 0) is 41.8 Å². The van der Waals surface area contributed by atoms with Gasteiger partial charge < -0.3 is 14.8 Å². The summed E-state index contributed by atoms with van der Waals surface area (Å²) < 4.78 is 5.70. The average molecular weight is 266 g/mol. The summed E-state index contributed by atoms with van der Waals surface area (Å²) in [6, 6.07) is 14.6. The van der Waals surface area contributed by atoms with E-state index in [2.05, 4.69) is 6.92 Å². The first kappa shape index (κ1) is 12.8. The molecule has 2 aromatic carbocycles. The lowest BCUT2D eigenvalue weighted by molar-refractivity contribution is 0.405. The fraction of sp³-hybridized carbons (Fsp3) is 0.125. The zero-order valence-electron chi connectivity index (χ0n) is 11.2. The number of aromatic hydroxyl groups is 1. The maximum absolute atomic E-state index is 10.2. The SMILES string of the molecule is CCC1=C(c2ccc(O)cc2)OB(O)c2ccccc21. The van der Waals surface area contributed by atoms with E-state index in [1.54, 1.807) is 24.3 Å². The minimum absolute atomic E-state index is 0.212. The van der Waals surface area contributed by atoms with Gasteiger partial charge in [-0.2, -0.15) is 0 Å². The zero-order chi connectivity index (χ0) is 14.1. The van der Waals surface area contributed by atoms with Gasteiger partial charge in [-0.3, -0.25) is 0 Å². The summed E-state index contributed by atoms with van der Waals surface area (Å²) in [4.78, 5) is 0. The topological polar surface area (TPSA) is 49.7 Å². The van der Waals surface area contributed by atoms with Crippen LogP contribution in [0, 0.1) is 0 Å². The molecular weight excluding hydrogens is 251 g/mol. The van der Waals surface area contributed by atoms with Gasteiger partial charge in [0, 0.05) is 11.0 Å². The van der Waals surface area contributed by atoms with Gasteiger partial charge in [0.2, 0.25) is 0 Å². The van der Waals surface area contributed by atoms with Crippen LogP contribution in [0.25, 0.3) is 11.3 Å². The summed E-state index contributed by atoms with van der Waals surface area (Å²) in [7, 11) is -0.953. The smallest absolute Gasteiger partial charge is 0.532 e. The van der Waals surface area contributed by atoms with Gasteiger partial charge >= 0.3 is 7.12 Å². The number of fused-ring (bicyclic) bond motifs is 1. The fourth-order valence-corrected chi connectivity index (χ4v) is 2.56. The number of hydrogen-bond donors (Lipinski definition) is 2. The number of rotatable bonds is 2. The van der Waals surface area contributed by atoms with Crippen molar-refractivity contribution in [1.29, 1.82) is 0 Å². The molecule has 2 aromatic rings. The molecule has 1 aliphatic heterocycles. The first-order valence-corrected chi connectivity index (χ1v) is 6.67. The van der Waals surface area contributed by atoms with E-state index < -0.39 is 7.12 Å². The Morgan fingerprint density at radius 2 is 1.75 bits per heavy atom. The van der Waals surface area contributed by atoms with E-state index in [0.29, 0.717) is 5.76 Å². The summed E-state index contributed by atoms with van der Waals surface area (Å²) in [5, 5.41) is 19.5. The summed E-state index contributed by atoms with van der Waals surface area (Å²) in [6.07, 6.45) is 0.805. The maximum atomic E-state index is 10.2. The van der Waals surface area contributed by atoms with Crippen LogP contribution in [0.4, 0.5) is 0 Å². The Hall–Kier alpha value is -2.20. The maximum Gasteiger partial charge on any atom is 0.560 e. The molecule has 20 heavy (non-hydrogen) atoms. The second-order valence-corrected chi connectivity index (χ2v) is 4.77. The van der Waals surface area contributed by atoms with Crippen LogP contribution in [0.3, 0.4) is 0 Å². The summed E-state index contributed by atoms with van der Waals surface area (Å²) >= 11 is 0. The predicted molar refractivity (Wildman–Crippen MR) is 80.3 cm³/mol. The minimum atomic E-state index is -0.953. The molecule has 0 fully saturated rings. The van der Waals surface area contributed by atoms with E-state index in [0.717, 1.165) is 28.6 Å². The Morgan fingerprint density at radius 3 is 2.45 bits per heavy atom. The van der Waals surface area contributed by atoms with E-state index in [4.69, 9.17) is 4.65 Å². The van der Waals surface area contributed by atoms with E-state index in [1.165, 1.54) is 0 Å². The Bertz CT molecular complexity index is 662. The number of phenols is 1. The van der Waals surface area contributed by atoms with Gasteiger partial charge in [0.1, 0.15) is 11.5 Å². The minimum Gasteiger partial charge on any atom is -0.532 e. The van der Waals surface area contributed by atoms with Gasteiger partial charge in [0.25, 0.3) is 0 Å². The van der Waals surface area contributed by atoms with Crippen LogP contribution in [-0.2, 0) is 4.65 Å². The van der Waals surface area contributed by atoms with Crippen molar-refractivity contribution in [3.8, 4) is 5.75 Å². The molecule has 0 spiro atoms. The summed E-state index contributed by atoms with van der Waals surface area (Å²) in [5.74, 6) is 0.892. The molecule has 4 heteroatoms. The van der Waals surface area contributed by atoms with Gasteiger partial charge in [0.05, 0.1) is 0 Å². The zero-order valence-corrected chi connectivity index (χ0v) is 11.2. The van der Waals surface area contributed by atoms with Crippen LogP contribution in [0.2, 0.25) is 0 Å². The number of phenolic OH excluding ortho intramolecular Hbond substituents is 1. The highest BCUT2D eigenvalue weighted by atomic mass is 16.5. The molecule has 0 radical (unpaired) electrons. The molecule has 1 heterocycles. The lowest BCUT2D eigenvalue weighted by Crippen LogP contribution is -2.38. The van der Waals surface area contributed by atoms with Crippen molar-refractivity contribution in [3.05, 3.63) is 59.7 Å². The molecule has 0 saturated heterocycles. The average Bonchev–Trinajstić information content (AvgIpc) is 2.48. The lowest BCUT2D eigenvalue weighted by atomic mass is 9.71. The third-order valence-corrected chi connectivity index (χ3v) is 3.54. The van der Waals surface area contributed by atoms with E-state index in [1.807, 2.05) is 24.3 Å². The molecule has 0 aliphatic carbocycles. The molecule has 0 saturated carbocycles. The Morgan fingerprint density at radius 1 is 1.05 bits per heavy atom. The van der Waals surface area contributed by atoms with Crippen molar-refractivity contribution in [2.45, 2.75) is 13.3 Å². The predicted octanol–water partition coefficient (Wildman–Crippen LogP) is 2.39. The summed E-state index contributed by atoms with van der Waals surface area (Å²) in [6.45, 7) is 2.06. The first-order chi connectivity index (χ1) is 9.70. The normalized spacial score (nSPS) is 14.0. The van der Waals surface area contributed by atoms with Gasteiger partial charge in [-0.15, -0.1) is 0 Å². The highest BCUT2D eigenvalue weighted by molar-refractivity contribution is 6.63. The third kappa shape index (κ3) is 2.08. The molecule has 0 atom stereocenters. The van der Waals surface area contributed by atoms with Crippen molar-refractivity contribution in [2.24, 2.45) is 0 Å². The summed E-state index contributed by atoms with van der Waals surface area (Å²) in [5.41, 5.74) is 3.74. The molecule has 100 valence electrons. The molecular formula is C16H15BO3. The molecule has 0 amide bonds. The molecule has 3 nitrogen and oxygen atoms in total. The molecule has 1 aliphatic rings. The van der Waals surface area contributed by atoms with E-state index in [9.17, 15) is 10.1 Å². The van der Waals surface area contributed by atoms with Crippen molar-refractivity contribution in [1.82, 2.24) is 0 Å². The molecule has 0 aromatic heterocycles. The van der Waals surface area contributed by atoms with Crippen LogP contribution >= 0.6 is 0 Å². The lowest BCUT2D eigenvalue weighted by Gasteiger charge is -2.26. The largest absolute Gasteiger partial charge is 0.560 e. The molecule has 0 bridgehead atoms. The number of allylic oxidation sites excluding steroid dienone is 1. The Balaban J connectivity index is 2.18. The molecule has 0 unspecified atom stereocenters. The monoisotopic (exact) mass is 266 g/mol. The Labute approximate surface area is 118 Å². The van der Waals surface area contributed by atoms with Gasteiger partial charge in [-0.1, -0.05) is 31.2 Å². The van der Waals surface area contributed by atoms with Crippen LogP contribution < -0.4 is 5.46 Å². The van der Waals surface area contributed by atoms with Crippen molar-refractivity contribution in [3.63, 3.8) is 0 Å². The standard InChI is InChI=1S/C16H15BO3/c1-2-13-14-5-3-4-6-15(14)17(19)20-16(13)11-7-9-12(18)10-8-11/h3-10,18-19H,2H2,1H3. The highest BCUT2D eigenvalue weighted by Gasteiger charge is 2.31. The van der Waals surface area contributed by atoms with Crippen molar-refractivity contribution in [2.75, 3.05) is 0 Å². The van der Waals surface area contributed by atoms with E-state index in [-0.39, 0.29) is 5.75 Å². The number of hydrogen-bond acceptors (Lipinski definition) is 3. The quantitative estimate of drug-likeness (QED) is 0.820. The van der Waals surface area contributed by atoms with Crippen molar-refractivity contribution >= 4 is 23.9 Å². The molecule has 2 N–H and O–H groups in total. The molecule has 3 rings (SSSR count). The highest BCUT2D eigenvalue weighted by Crippen LogP contribution is 2.33. The first-order valence-electron chi connectivity index (χ1n) is 6.67. The van der Waals surface area contributed by atoms with Gasteiger partial charge in [0.15, 0.2) is 0 Å². The van der Waals surface area contributed by atoms with E-state index >= 15 is 0 Å². The van der Waals surface area contributed by atoms with Crippen LogP contribution in [0.15, 0.2) is 48.5 Å². The van der Waals surface area contributed by atoms with Crippen LogP contribution in [-0.4, -0.2) is 17.2 Å². The van der Waals surface area contributed by atoms with Crippen LogP contribution in [0.1, 0.15) is 24.5 Å². The third-order valence-electron chi connectivity index (χ3n) is 3.54. The van der Waals surface area contributed by atoms with Crippen molar-refractivity contribution < 1.29 is 14.8 Å². The second kappa shape index (κ2) is 5.06. The Kier molecular flexibility index (Phi) is 3.24. The number of benzene rings is 2. The van der Waals surface area contributed by atoms with Gasteiger partial charge in [-0.25, -0.2) is 0 Å². The second-order valence-electron chi connectivity index (χ2n) is 4.77. The fourth-order valence-electron chi connectivity index (χ4n) is 2.56. The van der Waals surface area contributed by atoms with Crippen LogP contribution in [0.5, 0.6) is 5.75 Å².